The zero-order valence-electron chi connectivity index (χ0n) is 10.2. The highest BCUT2D eigenvalue weighted by atomic mass is 32.1. The van der Waals surface area contributed by atoms with Crippen LogP contribution in [0, 0.1) is 18.6 Å². The van der Waals surface area contributed by atoms with Crippen LogP contribution in [-0.4, -0.2) is 15.1 Å². The molecule has 0 fully saturated rings. The van der Waals surface area contributed by atoms with Crippen molar-refractivity contribution in [1.82, 2.24) is 15.1 Å². The van der Waals surface area contributed by atoms with Crippen molar-refractivity contribution < 1.29 is 13.3 Å². The summed E-state index contributed by atoms with van der Waals surface area (Å²) < 4.78 is 32.3. The smallest absolute Gasteiger partial charge is 0.270 e. The van der Waals surface area contributed by atoms with Crippen molar-refractivity contribution in [2.75, 3.05) is 5.73 Å². The van der Waals surface area contributed by atoms with Crippen molar-refractivity contribution in [1.29, 1.82) is 0 Å². The monoisotopic (exact) mass is 294 g/mol. The highest BCUT2D eigenvalue weighted by Gasteiger charge is 2.20. The van der Waals surface area contributed by atoms with Crippen LogP contribution in [-0.2, 0) is 0 Å². The Morgan fingerprint density at radius 3 is 2.50 bits per heavy atom. The quantitative estimate of drug-likeness (QED) is 0.786. The molecule has 0 saturated heterocycles. The van der Waals surface area contributed by atoms with Gasteiger partial charge in [-0.15, -0.1) is 0 Å². The molecule has 20 heavy (non-hydrogen) atoms. The Balaban J connectivity index is 2.09. The molecule has 8 heteroatoms. The summed E-state index contributed by atoms with van der Waals surface area (Å²) in [5.41, 5.74) is 5.88. The summed E-state index contributed by atoms with van der Waals surface area (Å²) in [5, 5.41) is 3.96. The van der Waals surface area contributed by atoms with Gasteiger partial charge in [0, 0.05) is 0 Å². The first-order valence-electron chi connectivity index (χ1n) is 5.57. The van der Waals surface area contributed by atoms with Gasteiger partial charge in [-0.1, -0.05) is 22.6 Å². The Kier molecular flexibility index (Phi) is 2.94. The van der Waals surface area contributed by atoms with Crippen LogP contribution in [0.1, 0.15) is 5.69 Å². The van der Waals surface area contributed by atoms with Gasteiger partial charge in [-0.2, -0.15) is 4.98 Å². The molecule has 2 N–H and O–H groups in total. The minimum absolute atomic E-state index is 0.134. The van der Waals surface area contributed by atoms with E-state index in [2.05, 4.69) is 15.1 Å². The van der Waals surface area contributed by atoms with E-state index >= 15 is 0 Å². The topological polar surface area (TPSA) is 77.8 Å². The maximum atomic E-state index is 13.6. The Labute approximate surface area is 116 Å². The third kappa shape index (κ3) is 2.03. The number of thiazole rings is 1. The number of benzene rings is 1. The van der Waals surface area contributed by atoms with Gasteiger partial charge in [-0.05, 0) is 19.1 Å². The van der Waals surface area contributed by atoms with Crippen LogP contribution in [0.3, 0.4) is 0 Å². The number of aryl methyl sites for hydroxylation is 1. The molecule has 0 aliphatic carbocycles. The third-order valence-electron chi connectivity index (χ3n) is 2.62. The summed E-state index contributed by atoms with van der Waals surface area (Å²) in [7, 11) is 0. The number of halogens is 2. The molecule has 2 heterocycles. The normalized spacial score (nSPS) is 10.9. The maximum Gasteiger partial charge on any atom is 0.270 e. The van der Waals surface area contributed by atoms with E-state index in [0.29, 0.717) is 15.7 Å². The minimum atomic E-state index is -0.752. The van der Waals surface area contributed by atoms with Crippen LogP contribution in [0.4, 0.5) is 13.9 Å². The Morgan fingerprint density at radius 2 is 1.90 bits per heavy atom. The molecule has 3 rings (SSSR count). The second-order valence-corrected chi connectivity index (χ2v) is 5.02. The average Bonchev–Trinajstić information content (AvgIpc) is 2.96. The van der Waals surface area contributed by atoms with E-state index < -0.39 is 11.6 Å². The lowest BCUT2D eigenvalue weighted by atomic mass is 10.2. The third-order valence-corrected chi connectivity index (χ3v) is 3.59. The zero-order valence-corrected chi connectivity index (χ0v) is 11.0. The van der Waals surface area contributed by atoms with E-state index in [9.17, 15) is 8.78 Å². The summed E-state index contributed by atoms with van der Waals surface area (Å²) in [6.45, 7) is 1.73. The van der Waals surface area contributed by atoms with E-state index in [0.717, 1.165) is 12.1 Å². The van der Waals surface area contributed by atoms with Gasteiger partial charge in [-0.25, -0.2) is 13.8 Å². The van der Waals surface area contributed by atoms with Gasteiger partial charge in [0.2, 0.25) is 5.82 Å². The van der Waals surface area contributed by atoms with E-state index in [1.54, 1.807) is 6.92 Å². The number of nitrogens with zero attached hydrogens (tertiary/aromatic N) is 3. The second-order valence-electron chi connectivity index (χ2n) is 3.99. The van der Waals surface area contributed by atoms with E-state index in [1.165, 1.54) is 17.4 Å². The molecule has 0 aliphatic heterocycles. The molecule has 5 nitrogen and oxygen atoms in total. The Hall–Kier alpha value is -2.35. The molecular weight excluding hydrogens is 286 g/mol. The summed E-state index contributed by atoms with van der Waals surface area (Å²) in [6, 6.07) is 3.53. The molecule has 0 saturated carbocycles. The fourth-order valence-corrected chi connectivity index (χ4v) is 2.50. The summed E-state index contributed by atoms with van der Waals surface area (Å²) in [5.74, 6) is -1.52. The molecule has 0 radical (unpaired) electrons. The van der Waals surface area contributed by atoms with Gasteiger partial charge in [-0.3, -0.25) is 0 Å². The summed E-state index contributed by atoms with van der Waals surface area (Å²) in [6.07, 6.45) is 0. The van der Waals surface area contributed by atoms with E-state index in [-0.39, 0.29) is 17.3 Å². The van der Waals surface area contributed by atoms with Crippen molar-refractivity contribution >= 4 is 16.5 Å². The van der Waals surface area contributed by atoms with Gasteiger partial charge in [0.05, 0.1) is 11.3 Å². The van der Waals surface area contributed by atoms with Crippen molar-refractivity contribution in [3.8, 4) is 22.2 Å². The number of nitrogen functional groups attached to an aromatic ring is 1. The predicted octanol–water partition coefficient (Wildman–Crippen LogP) is 3.03. The molecule has 0 spiro atoms. The molecule has 1 aromatic carbocycles. The van der Waals surface area contributed by atoms with Crippen LogP contribution >= 0.6 is 11.3 Å². The van der Waals surface area contributed by atoms with Crippen molar-refractivity contribution in [2.45, 2.75) is 6.92 Å². The van der Waals surface area contributed by atoms with Gasteiger partial charge >= 0.3 is 0 Å². The lowest BCUT2D eigenvalue weighted by Gasteiger charge is -1.97. The first kappa shape index (κ1) is 12.7. The molecule has 0 bridgehead atoms. The number of hydrogen-bond donors (Lipinski definition) is 1. The molecule has 0 aliphatic rings. The van der Waals surface area contributed by atoms with Crippen LogP contribution in [0.25, 0.3) is 22.2 Å². The fourth-order valence-electron chi connectivity index (χ4n) is 1.74. The van der Waals surface area contributed by atoms with Gasteiger partial charge in [0.25, 0.3) is 5.89 Å². The molecule has 0 unspecified atom stereocenters. The summed E-state index contributed by atoms with van der Waals surface area (Å²) >= 11 is 1.17. The molecule has 102 valence electrons. The van der Waals surface area contributed by atoms with Crippen molar-refractivity contribution in [2.24, 2.45) is 0 Å². The fraction of sp³-hybridized carbons (Fsp3) is 0.0833. The summed E-state index contributed by atoms with van der Waals surface area (Å²) in [4.78, 5) is 8.61. The Morgan fingerprint density at radius 1 is 1.20 bits per heavy atom. The van der Waals surface area contributed by atoms with Crippen LogP contribution < -0.4 is 5.73 Å². The largest absolute Gasteiger partial charge is 0.375 e. The van der Waals surface area contributed by atoms with E-state index in [1.807, 2.05) is 0 Å². The first-order chi connectivity index (χ1) is 9.56. The van der Waals surface area contributed by atoms with Crippen molar-refractivity contribution in [3.05, 3.63) is 35.5 Å². The van der Waals surface area contributed by atoms with Gasteiger partial charge < -0.3 is 10.3 Å². The predicted molar refractivity (Wildman–Crippen MR) is 69.9 cm³/mol. The highest BCUT2D eigenvalue weighted by Crippen LogP contribution is 2.32. The van der Waals surface area contributed by atoms with Gasteiger partial charge in [0.15, 0.2) is 5.13 Å². The molecule has 0 amide bonds. The SMILES string of the molecule is Cc1nc(N)sc1-c1nc(-c2c(F)cccc2F)no1. The van der Waals surface area contributed by atoms with E-state index in [4.69, 9.17) is 10.3 Å². The number of rotatable bonds is 2. The standard InChI is InChI=1S/C12H8F2N4OS/c1-5-9(20-12(15)16-5)11-17-10(18-19-11)8-6(13)3-2-4-7(8)14/h2-4H,1H3,(H2,15,16). The number of nitrogens with two attached hydrogens (primary N) is 1. The lowest BCUT2D eigenvalue weighted by Crippen LogP contribution is -1.91. The van der Waals surface area contributed by atoms with Crippen LogP contribution in [0.15, 0.2) is 22.7 Å². The molecule has 2 aromatic heterocycles. The van der Waals surface area contributed by atoms with Crippen molar-refractivity contribution in [3.63, 3.8) is 0 Å². The molecule has 0 atom stereocenters. The maximum absolute atomic E-state index is 13.6. The highest BCUT2D eigenvalue weighted by molar-refractivity contribution is 7.18. The number of aromatic nitrogens is 3. The van der Waals surface area contributed by atoms with Crippen LogP contribution in [0.2, 0.25) is 0 Å². The lowest BCUT2D eigenvalue weighted by molar-refractivity contribution is 0.432. The van der Waals surface area contributed by atoms with Gasteiger partial charge in [0.1, 0.15) is 16.5 Å². The molecule has 3 aromatic rings. The minimum Gasteiger partial charge on any atom is -0.375 e. The Bertz CT molecular complexity index is 763. The average molecular weight is 294 g/mol. The second kappa shape index (κ2) is 4.64. The molecular formula is C12H8F2N4OS. The number of anilines is 1. The first-order valence-corrected chi connectivity index (χ1v) is 6.39. The zero-order chi connectivity index (χ0) is 14.3. The number of hydrogen-bond acceptors (Lipinski definition) is 6. The van der Waals surface area contributed by atoms with Crippen LogP contribution in [0.5, 0.6) is 0 Å².